The normalized spacial score (nSPS) is 9.94. The van der Waals surface area contributed by atoms with Gasteiger partial charge in [-0.15, -0.1) is 0 Å². The molecule has 9 heteroatoms. The third-order valence-corrected chi connectivity index (χ3v) is 1.67. The summed E-state index contributed by atoms with van der Waals surface area (Å²) >= 11 is 0. The number of nitrogens with zero attached hydrogens (tertiary/aromatic N) is 4. The predicted octanol–water partition coefficient (Wildman–Crippen LogP) is -0.291. The highest BCUT2D eigenvalue weighted by molar-refractivity contribution is 5.95. The Labute approximate surface area is 95.5 Å². The molecular weight excluding hydrogens is 232 g/mol. The summed E-state index contributed by atoms with van der Waals surface area (Å²) in [5.41, 5.74) is 0. The lowest BCUT2D eigenvalue weighted by Crippen LogP contribution is -2.16. The van der Waals surface area contributed by atoms with Gasteiger partial charge in [-0.05, 0) is 11.8 Å². The summed E-state index contributed by atoms with van der Waals surface area (Å²) in [6.45, 7) is 1.57. The van der Waals surface area contributed by atoms with Crippen LogP contribution in [0.5, 0.6) is 0 Å². The van der Waals surface area contributed by atoms with E-state index in [1.807, 2.05) is 0 Å². The average molecular weight is 242 g/mol. The van der Waals surface area contributed by atoms with Gasteiger partial charge >= 0.3 is 11.9 Å². The zero-order chi connectivity index (χ0) is 12.8. The Bertz CT molecular complexity index is 441. The average Bonchev–Trinajstić information content (AvgIpc) is 2.66. The van der Waals surface area contributed by atoms with E-state index in [-0.39, 0.29) is 19.6 Å². The van der Waals surface area contributed by atoms with Gasteiger partial charge in [0.15, 0.2) is 5.78 Å². The Morgan fingerprint density at radius 3 is 2.82 bits per heavy atom. The second-order valence-electron chi connectivity index (χ2n) is 3.02. The topological polar surface area (TPSA) is 117 Å². The maximum atomic E-state index is 11.3. The second-order valence-corrected chi connectivity index (χ2v) is 3.02. The van der Waals surface area contributed by atoms with Crippen LogP contribution in [0.2, 0.25) is 0 Å². The fourth-order valence-corrected chi connectivity index (χ4v) is 1.05. The van der Waals surface area contributed by atoms with Crippen LogP contribution < -0.4 is 0 Å². The SMILES string of the molecule is CCOC(=O)CC(=O)Cn1cnc([N+](=O)[O-])n1. The largest absolute Gasteiger partial charge is 0.490 e. The van der Waals surface area contributed by atoms with Crippen LogP contribution in [0.1, 0.15) is 13.3 Å². The zero-order valence-electron chi connectivity index (χ0n) is 9.03. The minimum atomic E-state index is -0.772. The number of Topliss-reactive ketones (excluding diaryl/α,β-unsaturated/α-hetero) is 1. The summed E-state index contributed by atoms with van der Waals surface area (Å²) in [6, 6.07) is 0. The van der Waals surface area contributed by atoms with Gasteiger partial charge in [-0.2, -0.15) is 4.68 Å². The second kappa shape index (κ2) is 5.68. The molecule has 0 radical (unpaired) electrons. The number of hydrogen-bond donors (Lipinski definition) is 0. The first-order chi connectivity index (χ1) is 8.02. The number of hydrogen-bond acceptors (Lipinski definition) is 7. The molecule has 0 amide bonds. The number of nitro groups is 1. The first kappa shape index (κ1) is 12.7. The number of ketones is 1. The molecule has 0 saturated heterocycles. The number of carbonyl (C=O) groups is 2. The maximum absolute atomic E-state index is 11.3. The van der Waals surface area contributed by atoms with Crippen molar-refractivity contribution < 1.29 is 19.2 Å². The Kier molecular flexibility index (Phi) is 4.26. The van der Waals surface area contributed by atoms with Crippen LogP contribution in [0.25, 0.3) is 0 Å². The van der Waals surface area contributed by atoms with E-state index in [4.69, 9.17) is 0 Å². The molecule has 9 nitrogen and oxygen atoms in total. The Morgan fingerprint density at radius 2 is 2.29 bits per heavy atom. The van der Waals surface area contributed by atoms with Crippen molar-refractivity contribution in [3.63, 3.8) is 0 Å². The highest BCUT2D eigenvalue weighted by atomic mass is 16.6. The van der Waals surface area contributed by atoms with Crippen LogP contribution in [0, 0.1) is 10.1 Å². The number of rotatable bonds is 6. The number of ether oxygens (including phenoxy) is 1. The summed E-state index contributed by atoms with van der Waals surface area (Å²) in [4.78, 5) is 35.1. The minimum absolute atomic E-state index is 0.195. The van der Waals surface area contributed by atoms with Crippen molar-refractivity contribution in [2.24, 2.45) is 0 Å². The Hall–Kier alpha value is -2.32. The first-order valence-electron chi connectivity index (χ1n) is 4.74. The summed E-state index contributed by atoms with van der Waals surface area (Å²) in [5, 5.41) is 13.7. The molecule has 92 valence electrons. The van der Waals surface area contributed by atoms with Crippen molar-refractivity contribution in [1.82, 2.24) is 14.8 Å². The lowest BCUT2D eigenvalue weighted by Gasteiger charge is -1.99. The monoisotopic (exact) mass is 242 g/mol. The molecule has 0 atom stereocenters. The molecule has 17 heavy (non-hydrogen) atoms. The Morgan fingerprint density at radius 1 is 1.59 bits per heavy atom. The van der Waals surface area contributed by atoms with Gasteiger partial charge in [-0.1, -0.05) is 4.98 Å². The number of esters is 1. The van der Waals surface area contributed by atoms with E-state index < -0.39 is 22.6 Å². The van der Waals surface area contributed by atoms with E-state index in [0.29, 0.717) is 0 Å². The maximum Gasteiger partial charge on any atom is 0.490 e. The van der Waals surface area contributed by atoms with Crippen LogP contribution >= 0.6 is 0 Å². The smallest absolute Gasteiger partial charge is 0.466 e. The molecule has 0 unspecified atom stereocenters. The third kappa shape index (κ3) is 3.97. The lowest BCUT2D eigenvalue weighted by molar-refractivity contribution is -0.394. The molecule has 1 heterocycles. The highest BCUT2D eigenvalue weighted by Gasteiger charge is 2.17. The van der Waals surface area contributed by atoms with Crippen molar-refractivity contribution in [1.29, 1.82) is 0 Å². The summed E-state index contributed by atoms with van der Waals surface area (Å²) < 4.78 is 5.58. The zero-order valence-corrected chi connectivity index (χ0v) is 9.03. The van der Waals surface area contributed by atoms with Crippen molar-refractivity contribution in [3.8, 4) is 0 Å². The van der Waals surface area contributed by atoms with Gasteiger partial charge < -0.3 is 14.9 Å². The summed E-state index contributed by atoms with van der Waals surface area (Å²) in [6.07, 6.45) is 0.669. The first-order valence-corrected chi connectivity index (χ1v) is 4.74. The van der Waals surface area contributed by atoms with Gasteiger partial charge in [0.25, 0.3) is 0 Å². The molecular formula is C8H10N4O5. The van der Waals surface area contributed by atoms with E-state index in [1.165, 1.54) is 0 Å². The fourth-order valence-electron chi connectivity index (χ4n) is 1.05. The molecule has 0 fully saturated rings. The van der Waals surface area contributed by atoms with Crippen LogP contribution in [-0.4, -0.2) is 38.0 Å². The molecule has 0 aliphatic heterocycles. The quantitative estimate of drug-likeness (QED) is 0.291. The van der Waals surface area contributed by atoms with E-state index in [1.54, 1.807) is 6.92 Å². The molecule has 0 N–H and O–H groups in total. The molecule has 1 aromatic rings. The highest BCUT2D eigenvalue weighted by Crippen LogP contribution is 2.00. The van der Waals surface area contributed by atoms with E-state index >= 15 is 0 Å². The molecule has 1 rings (SSSR count). The summed E-state index contributed by atoms with van der Waals surface area (Å²) in [7, 11) is 0. The van der Waals surface area contributed by atoms with Crippen molar-refractivity contribution >= 4 is 17.7 Å². The van der Waals surface area contributed by atoms with Gasteiger partial charge in [0.05, 0.1) is 6.61 Å². The molecule has 0 aromatic carbocycles. The predicted molar refractivity (Wildman–Crippen MR) is 52.9 cm³/mol. The Balaban J connectivity index is 2.50. The van der Waals surface area contributed by atoms with Gasteiger partial charge in [0.1, 0.15) is 13.0 Å². The summed E-state index contributed by atoms with van der Waals surface area (Å²) in [5.74, 6) is -1.68. The van der Waals surface area contributed by atoms with Crippen LogP contribution in [-0.2, 0) is 20.9 Å². The molecule has 0 aliphatic carbocycles. The van der Waals surface area contributed by atoms with Crippen LogP contribution in [0.3, 0.4) is 0 Å². The standard InChI is InChI=1S/C8H10N4O5/c1-2-17-7(14)3-6(13)4-11-5-9-8(10-11)12(15)16/h5H,2-4H2,1H3. The van der Waals surface area contributed by atoms with Crippen molar-refractivity contribution in [2.75, 3.05) is 6.61 Å². The molecule has 1 aromatic heterocycles. The molecule has 0 spiro atoms. The molecule has 0 aliphatic rings. The van der Waals surface area contributed by atoms with Gasteiger partial charge in [0, 0.05) is 5.10 Å². The van der Waals surface area contributed by atoms with Gasteiger partial charge in [-0.25, -0.2) is 0 Å². The third-order valence-electron chi connectivity index (χ3n) is 1.67. The fraction of sp³-hybridized carbons (Fsp3) is 0.500. The van der Waals surface area contributed by atoms with E-state index in [9.17, 15) is 19.7 Å². The molecule has 0 bridgehead atoms. The van der Waals surface area contributed by atoms with Gasteiger partial charge in [0.2, 0.25) is 6.33 Å². The van der Waals surface area contributed by atoms with E-state index in [2.05, 4.69) is 14.8 Å². The lowest BCUT2D eigenvalue weighted by atomic mass is 10.3. The molecule has 0 saturated carbocycles. The van der Waals surface area contributed by atoms with Crippen LogP contribution in [0.4, 0.5) is 5.95 Å². The number of aromatic nitrogens is 3. The van der Waals surface area contributed by atoms with Crippen LogP contribution in [0.15, 0.2) is 6.33 Å². The van der Waals surface area contributed by atoms with Gasteiger partial charge in [-0.3, -0.25) is 9.59 Å². The number of carbonyl (C=O) groups excluding carboxylic acids is 2. The minimum Gasteiger partial charge on any atom is -0.466 e. The van der Waals surface area contributed by atoms with E-state index in [0.717, 1.165) is 11.0 Å². The van der Waals surface area contributed by atoms with Crippen molar-refractivity contribution in [2.45, 2.75) is 19.9 Å². The van der Waals surface area contributed by atoms with Crippen molar-refractivity contribution in [3.05, 3.63) is 16.4 Å².